The highest BCUT2D eigenvalue weighted by Crippen LogP contribution is 2.38. The van der Waals surface area contributed by atoms with Gasteiger partial charge in [0.25, 0.3) is 0 Å². The van der Waals surface area contributed by atoms with Crippen molar-refractivity contribution in [2.45, 2.75) is 39.2 Å². The van der Waals surface area contributed by atoms with Gasteiger partial charge in [-0.3, -0.25) is 0 Å². The summed E-state index contributed by atoms with van der Waals surface area (Å²) < 4.78 is 16.3. The highest BCUT2D eigenvalue weighted by molar-refractivity contribution is 5.51. The number of fused-ring (bicyclic) bond motifs is 1. The molecule has 0 saturated heterocycles. The predicted molar refractivity (Wildman–Crippen MR) is 68.1 cm³/mol. The third-order valence-electron chi connectivity index (χ3n) is 2.98. The van der Waals surface area contributed by atoms with Crippen LogP contribution in [-0.4, -0.2) is 18.5 Å². The number of aliphatic hydroxyl groups excluding tert-OH is 1. The molecule has 1 heterocycles. The Bertz CT molecular complexity index is 390. The summed E-state index contributed by atoms with van der Waals surface area (Å²) in [5.41, 5.74) is 0.745. The van der Waals surface area contributed by atoms with Gasteiger partial charge in [0.1, 0.15) is 5.75 Å². The zero-order chi connectivity index (χ0) is 12.8. The highest BCUT2D eigenvalue weighted by atomic mass is 16.7. The number of rotatable bonds is 7. The summed E-state index contributed by atoms with van der Waals surface area (Å²) in [7, 11) is 0. The fourth-order valence-electron chi connectivity index (χ4n) is 1.93. The van der Waals surface area contributed by atoms with Crippen LogP contribution in [0.3, 0.4) is 0 Å². The number of hydrogen-bond donors (Lipinski definition) is 1. The lowest BCUT2D eigenvalue weighted by Gasteiger charge is -2.11. The fourth-order valence-corrected chi connectivity index (χ4v) is 1.93. The lowest BCUT2D eigenvalue weighted by atomic mass is 10.2. The third kappa shape index (κ3) is 3.07. The summed E-state index contributed by atoms with van der Waals surface area (Å²) in [5.74, 6) is 2.06. The van der Waals surface area contributed by atoms with Crippen LogP contribution >= 0.6 is 0 Å². The maximum Gasteiger partial charge on any atom is 0.231 e. The molecule has 1 aromatic rings. The summed E-state index contributed by atoms with van der Waals surface area (Å²) in [6.45, 7) is 3.04. The topological polar surface area (TPSA) is 47.9 Å². The number of aliphatic hydroxyl groups is 1. The first-order chi connectivity index (χ1) is 8.85. The molecular formula is C14H20O4. The average Bonchev–Trinajstić information content (AvgIpc) is 2.84. The van der Waals surface area contributed by atoms with Gasteiger partial charge in [0.15, 0.2) is 11.5 Å². The van der Waals surface area contributed by atoms with E-state index in [9.17, 15) is 5.11 Å². The lowest BCUT2D eigenvalue weighted by Crippen LogP contribution is -2.00. The van der Waals surface area contributed by atoms with Crippen molar-refractivity contribution in [2.24, 2.45) is 0 Å². The van der Waals surface area contributed by atoms with Crippen molar-refractivity contribution in [1.82, 2.24) is 0 Å². The molecule has 0 aliphatic carbocycles. The number of ether oxygens (including phenoxy) is 3. The van der Waals surface area contributed by atoms with Crippen molar-refractivity contribution in [3.05, 3.63) is 17.7 Å². The average molecular weight is 252 g/mol. The summed E-state index contributed by atoms with van der Waals surface area (Å²) in [6, 6.07) is 3.58. The van der Waals surface area contributed by atoms with Crippen LogP contribution in [0.15, 0.2) is 12.1 Å². The van der Waals surface area contributed by atoms with Crippen molar-refractivity contribution < 1.29 is 19.3 Å². The molecule has 0 amide bonds. The van der Waals surface area contributed by atoms with Gasteiger partial charge in [-0.2, -0.15) is 0 Å². The molecule has 0 spiro atoms. The van der Waals surface area contributed by atoms with Gasteiger partial charge in [-0.25, -0.2) is 0 Å². The van der Waals surface area contributed by atoms with Crippen LogP contribution in [0, 0.1) is 0 Å². The van der Waals surface area contributed by atoms with Crippen molar-refractivity contribution in [2.75, 3.05) is 13.4 Å². The first kappa shape index (κ1) is 13.0. The van der Waals surface area contributed by atoms with Gasteiger partial charge in [0.2, 0.25) is 6.79 Å². The molecule has 1 aliphatic rings. The smallest absolute Gasteiger partial charge is 0.231 e. The largest absolute Gasteiger partial charge is 0.493 e. The Balaban J connectivity index is 1.94. The van der Waals surface area contributed by atoms with Gasteiger partial charge >= 0.3 is 0 Å². The minimum absolute atomic E-state index is 0.0546. The van der Waals surface area contributed by atoms with Crippen molar-refractivity contribution in [3.63, 3.8) is 0 Å². The number of unbranched alkanes of at least 4 members (excludes halogenated alkanes) is 3. The minimum atomic E-state index is -0.0546. The SMILES string of the molecule is CCCCCCOc1cc2c(cc1CO)OCO2. The molecule has 100 valence electrons. The van der Waals surface area contributed by atoms with Gasteiger partial charge in [0.05, 0.1) is 13.2 Å². The summed E-state index contributed by atoms with van der Waals surface area (Å²) in [5, 5.41) is 9.31. The lowest BCUT2D eigenvalue weighted by molar-refractivity contribution is 0.173. The first-order valence-electron chi connectivity index (χ1n) is 6.51. The van der Waals surface area contributed by atoms with Gasteiger partial charge in [0, 0.05) is 11.6 Å². The molecular weight excluding hydrogens is 232 g/mol. The molecule has 0 aromatic heterocycles. The fraction of sp³-hybridized carbons (Fsp3) is 0.571. The van der Waals surface area contributed by atoms with E-state index < -0.39 is 0 Å². The molecule has 4 nitrogen and oxygen atoms in total. The Morgan fingerprint density at radius 2 is 1.94 bits per heavy atom. The van der Waals surface area contributed by atoms with Crippen molar-refractivity contribution in [1.29, 1.82) is 0 Å². The summed E-state index contributed by atoms with van der Waals surface area (Å²) in [4.78, 5) is 0. The summed E-state index contributed by atoms with van der Waals surface area (Å²) >= 11 is 0. The van der Waals surface area contributed by atoms with E-state index in [4.69, 9.17) is 14.2 Å². The molecule has 0 bridgehead atoms. The van der Waals surface area contributed by atoms with E-state index in [2.05, 4.69) is 6.92 Å². The molecule has 0 fully saturated rings. The quantitative estimate of drug-likeness (QED) is 0.758. The van der Waals surface area contributed by atoms with Crippen LogP contribution < -0.4 is 14.2 Å². The Hall–Kier alpha value is -1.42. The van der Waals surface area contributed by atoms with Crippen LogP contribution in [-0.2, 0) is 6.61 Å². The van der Waals surface area contributed by atoms with E-state index in [-0.39, 0.29) is 13.4 Å². The zero-order valence-electron chi connectivity index (χ0n) is 10.8. The summed E-state index contributed by atoms with van der Waals surface area (Å²) in [6.07, 6.45) is 4.66. The molecule has 18 heavy (non-hydrogen) atoms. The highest BCUT2D eigenvalue weighted by Gasteiger charge is 2.17. The monoisotopic (exact) mass is 252 g/mol. The van der Waals surface area contributed by atoms with Crippen LogP contribution in [0.2, 0.25) is 0 Å². The number of benzene rings is 1. The zero-order valence-corrected chi connectivity index (χ0v) is 10.8. The van der Waals surface area contributed by atoms with Gasteiger partial charge < -0.3 is 19.3 Å². The molecule has 0 unspecified atom stereocenters. The molecule has 4 heteroatoms. The van der Waals surface area contributed by atoms with Gasteiger partial charge in [-0.05, 0) is 12.5 Å². The van der Waals surface area contributed by atoms with Gasteiger partial charge in [-0.15, -0.1) is 0 Å². The van der Waals surface area contributed by atoms with Crippen LogP contribution in [0.1, 0.15) is 38.2 Å². The van der Waals surface area contributed by atoms with E-state index in [1.165, 1.54) is 19.3 Å². The van der Waals surface area contributed by atoms with Crippen molar-refractivity contribution in [3.8, 4) is 17.2 Å². The maximum atomic E-state index is 9.31. The standard InChI is InChI=1S/C14H20O4/c1-2-3-4-5-6-16-12-8-14-13(17-10-18-14)7-11(12)9-15/h7-8,15H,2-6,9-10H2,1H3. The second-order valence-corrected chi connectivity index (χ2v) is 4.38. The van der Waals surface area contributed by atoms with E-state index in [0.29, 0.717) is 23.9 Å². The maximum absolute atomic E-state index is 9.31. The molecule has 0 saturated carbocycles. The Morgan fingerprint density at radius 1 is 1.17 bits per heavy atom. The second kappa shape index (κ2) is 6.50. The minimum Gasteiger partial charge on any atom is -0.493 e. The van der Waals surface area contributed by atoms with E-state index >= 15 is 0 Å². The van der Waals surface area contributed by atoms with Crippen LogP contribution in [0.5, 0.6) is 17.2 Å². The van der Waals surface area contributed by atoms with Gasteiger partial charge in [-0.1, -0.05) is 26.2 Å². The molecule has 1 aromatic carbocycles. The van der Waals surface area contributed by atoms with E-state index in [1.807, 2.05) is 0 Å². The molecule has 0 radical (unpaired) electrons. The predicted octanol–water partition coefficient (Wildman–Crippen LogP) is 2.87. The van der Waals surface area contributed by atoms with Crippen molar-refractivity contribution >= 4 is 0 Å². The van der Waals surface area contributed by atoms with Crippen LogP contribution in [0.4, 0.5) is 0 Å². The Labute approximate surface area is 107 Å². The molecule has 2 rings (SSSR count). The van der Waals surface area contributed by atoms with E-state index in [1.54, 1.807) is 12.1 Å². The Kier molecular flexibility index (Phi) is 4.70. The molecule has 1 N–H and O–H groups in total. The van der Waals surface area contributed by atoms with Crippen LogP contribution in [0.25, 0.3) is 0 Å². The normalized spacial score (nSPS) is 12.8. The molecule has 0 atom stereocenters. The first-order valence-corrected chi connectivity index (χ1v) is 6.51. The second-order valence-electron chi connectivity index (χ2n) is 4.38. The number of hydrogen-bond acceptors (Lipinski definition) is 4. The Morgan fingerprint density at radius 3 is 2.67 bits per heavy atom. The van der Waals surface area contributed by atoms with E-state index in [0.717, 1.165) is 12.0 Å². The third-order valence-corrected chi connectivity index (χ3v) is 2.98. The molecule has 1 aliphatic heterocycles.